The van der Waals surface area contributed by atoms with E-state index in [4.69, 9.17) is 9.97 Å². The third kappa shape index (κ3) is 4.28. The Hall–Kier alpha value is -4.18. The van der Waals surface area contributed by atoms with Crippen molar-refractivity contribution in [3.63, 3.8) is 0 Å². The van der Waals surface area contributed by atoms with Gasteiger partial charge in [-0.05, 0) is 57.1 Å². The van der Waals surface area contributed by atoms with Gasteiger partial charge in [0.2, 0.25) is 5.95 Å². The molecule has 10 nitrogen and oxygen atoms in total. The lowest BCUT2D eigenvalue weighted by Crippen LogP contribution is -2.44. The fourth-order valence-electron chi connectivity index (χ4n) is 6.59. The van der Waals surface area contributed by atoms with Crippen LogP contribution in [0.15, 0.2) is 60.0 Å². The first-order chi connectivity index (χ1) is 20.0. The molecule has 1 N–H and O–H groups in total. The van der Waals surface area contributed by atoms with Gasteiger partial charge in [0.1, 0.15) is 11.2 Å². The highest BCUT2D eigenvalue weighted by molar-refractivity contribution is 5.77. The maximum Gasteiger partial charge on any atom is 0.278 e. The molecule has 3 aliphatic rings. The van der Waals surface area contributed by atoms with Crippen LogP contribution < -0.4 is 20.7 Å². The molecule has 4 aromatic rings. The number of aromatic nitrogens is 5. The standard InChI is InChI=1S/C31H37N9O/c1-4-15-39-29(41)24-20-32-30(33-22-7-9-23(10-8-22)38-18-16-36(3)17-19-38)35-27(24)40(39)26-12-11-25-28(34-26)37(5-2)21-31(25)13-6-14-31/h4,7-12,20H,1,5-6,13-19,21H2,2-3H3,(H,32,33,35). The number of benzene rings is 1. The molecule has 0 amide bonds. The molecule has 7 rings (SSSR count). The summed E-state index contributed by atoms with van der Waals surface area (Å²) in [7, 11) is 2.16. The van der Waals surface area contributed by atoms with Crippen molar-refractivity contribution in [2.24, 2.45) is 0 Å². The minimum absolute atomic E-state index is 0.159. The van der Waals surface area contributed by atoms with Crippen LogP contribution in [-0.2, 0) is 12.0 Å². The van der Waals surface area contributed by atoms with Crippen LogP contribution in [-0.4, -0.2) is 75.5 Å². The number of hydrogen-bond donors (Lipinski definition) is 1. The molecule has 0 radical (unpaired) electrons. The Kier molecular flexibility index (Phi) is 6.30. The Morgan fingerprint density at radius 3 is 2.51 bits per heavy atom. The quantitative estimate of drug-likeness (QED) is 0.346. The van der Waals surface area contributed by atoms with Gasteiger partial charge >= 0.3 is 0 Å². The van der Waals surface area contributed by atoms with E-state index in [2.05, 4.69) is 75.9 Å². The van der Waals surface area contributed by atoms with Crippen molar-refractivity contribution < 1.29 is 0 Å². The summed E-state index contributed by atoms with van der Waals surface area (Å²) in [5.74, 6) is 2.13. The van der Waals surface area contributed by atoms with Gasteiger partial charge in [-0.3, -0.25) is 4.79 Å². The van der Waals surface area contributed by atoms with Crippen molar-refractivity contribution in [1.29, 1.82) is 0 Å². The highest BCUT2D eigenvalue weighted by Crippen LogP contribution is 2.52. The smallest absolute Gasteiger partial charge is 0.278 e. The van der Waals surface area contributed by atoms with E-state index in [1.165, 1.54) is 30.5 Å². The highest BCUT2D eigenvalue weighted by Gasteiger charge is 2.47. The van der Waals surface area contributed by atoms with Crippen molar-refractivity contribution in [3.05, 3.63) is 71.2 Å². The number of pyridine rings is 1. The molecule has 10 heteroatoms. The second-order valence-corrected chi connectivity index (χ2v) is 11.6. The number of piperazine rings is 1. The molecule has 41 heavy (non-hydrogen) atoms. The third-order valence-electron chi connectivity index (χ3n) is 9.10. The first-order valence-corrected chi connectivity index (χ1v) is 14.7. The van der Waals surface area contributed by atoms with Gasteiger partial charge in [-0.15, -0.1) is 6.58 Å². The minimum atomic E-state index is -0.159. The molecule has 1 saturated carbocycles. The van der Waals surface area contributed by atoms with Gasteiger partial charge in [0.15, 0.2) is 11.5 Å². The number of fused-ring (bicyclic) bond motifs is 3. The van der Waals surface area contributed by atoms with E-state index < -0.39 is 0 Å². The molecule has 3 aromatic heterocycles. The molecule has 1 aromatic carbocycles. The maximum atomic E-state index is 13.5. The van der Waals surface area contributed by atoms with Crippen LogP contribution in [0.5, 0.6) is 0 Å². The zero-order valence-corrected chi connectivity index (χ0v) is 23.9. The summed E-state index contributed by atoms with van der Waals surface area (Å²) in [6, 6.07) is 12.6. The maximum absolute atomic E-state index is 13.5. The molecule has 212 valence electrons. The van der Waals surface area contributed by atoms with Crippen LogP contribution in [0.4, 0.5) is 23.1 Å². The van der Waals surface area contributed by atoms with Crippen LogP contribution in [0.2, 0.25) is 0 Å². The molecule has 1 aliphatic carbocycles. The molecule has 0 bridgehead atoms. The lowest BCUT2D eigenvalue weighted by molar-refractivity contribution is 0.264. The number of likely N-dealkylation sites (N-methyl/N-ethyl adjacent to an activating group) is 2. The number of nitrogens with zero attached hydrogens (tertiary/aromatic N) is 8. The number of allylic oxidation sites excluding steroid dienone is 1. The van der Waals surface area contributed by atoms with Gasteiger partial charge < -0.3 is 20.0 Å². The minimum Gasteiger partial charge on any atom is -0.369 e. The largest absolute Gasteiger partial charge is 0.369 e. The summed E-state index contributed by atoms with van der Waals surface area (Å²) in [6.45, 7) is 12.5. The fraction of sp³-hybridized carbons (Fsp3) is 0.419. The zero-order chi connectivity index (χ0) is 28.1. The monoisotopic (exact) mass is 551 g/mol. The van der Waals surface area contributed by atoms with Crippen LogP contribution in [0.1, 0.15) is 31.7 Å². The molecule has 1 spiro atoms. The summed E-state index contributed by atoms with van der Waals surface area (Å²) in [4.78, 5) is 35.0. The van der Waals surface area contributed by atoms with Crippen molar-refractivity contribution in [2.75, 3.05) is 61.4 Å². The van der Waals surface area contributed by atoms with E-state index in [1.807, 2.05) is 10.7 Å². The van der Waals surface area contributed by atoms with Gasteiger partial charge in [-0.2, -0.15) is 4.98 Å². The first-order valence-electron chi connectivity index (χ1n) is 14.7. The van der Waals surface area contributed by atoms with E-state index in [0.717, 1.165) is 50.8 Å². The number of anilines is 4. The van der Waals surface area contributed by atoms with E-state index in [9.17, 15) is 4.79 Å². The van der Waals surface area contributed by atoms with Gasteiger partial charge in [0.25, 0.3) is 5.56 Å². The molecule has 1 saturated heterocycles. The first kappa shape index (κ1) is 25.8. The van der Waals surface area contributed by atoms with E-state index in [0.29, 0.717) is 29.3 Å². The van der Waals surface area contributed by atoms with E-state index in [1.54, 1.807) is 17.0 Å². The topological polar surface area (TPSA) is 87.3 Å². The van der Waals surface area contributed by atoms with E-state index in [-0.39, 0.29) is 11.0 Å². The second kappa shape index (κ2) is 10.0. The van der Waals surface area contributed by atoms with Gasteiger partial charge in [0, 0.05) is 67.8 Å². The fourth-order valence-corrected chi connectivity index (χ4v) is 6.59. The highest BCUT2D eigenvalue weighted by atomic mass is 16.1. The lowest BCUT2D eigenvalue weighted by atomic mass is 9.66. The second-order valence-electron chi connectivity index (χ2n) is 11.6. The van der Waals surface area contributed by atoms with Gasteiger partial charge in [-0.1, -0.05) is 18.6 Å². The molecule has 0 unspecified atom stereocenters. The molecule has 2 aliphatic heterocycles. The van der Waals surface area contributed by atoms with E-state index >= 15 is 0 Å². The summed E-state index contributed by atoms with van der Waals surface area (Å²) in [5, 5.41) is 3.79. The van der Waals surface area contributed by atoms with Crippen molar-refractivity contribution in [1.82, 2.24) is 29.2 Å². The van der Waals surface area contributed by atoms with Crippen LogP contribution in [0.25, 0.3) is 16.9 Å². The third-order valence-corrected chi connectivity index (χ3v) is 9.10. The predicted molar refractivity (Wildman–Crippen MR) is 164 cm³/mol. The molecule has 2 fully saturated rings. The molecule has 0 atom stereocenters. The van der Waals surface area contributed by atoms with Crippen LogP contribution in [0, 0.1) is 0 Å². The Morgan fingerprint density at radius 1 is 1.05 bits per heavy atom. The average Bonchev–Trinajstić information content (AvgIpc) is 3.46. The zero-order valence-electron chi connectivity index (χ0n) is 23.9. The lowest BCUT2D eigenvalue weighted by Gasteiger charge is -2.38. The molecular formula is C31H37N9O. The van der Waals surface area contributed by atoms with Crippen LogP contribution >= 0.6 is 0 Å². The summed E-state index contributed by atoms with van der Waals surface area (Å²) in [6.07, 6.45) is 7.02. The molecular weight excluding hydrogens is 514 g/mol. The number of nitrogens with one attached hydrogen (secondary N) is 1. The normalized spacial score (nSPS) is 18.1. The van der Waals surface area contributed by atoms with Gasteiger partial charge in [0.05, 0.1) is 6.54 Å². The predicted octanol–water partition coefficient (Wildman–Crippen LogP) is 3.92. The SMILES string of the molecule is C=CCn1c(=O)c2cnc(Nc3ccc(N4CCN(C)CC4)cc3)nc2n1-c1ccc2c(n1)N(CC)CC21CCC1. The van der Waals surface area contributed by atoms with Crippen molar-refractivity contribution in [3.8, 4) is 5.82 Å². The van der Waals surface area contributed by atoms with Gasteiger partial charge in [-0.25, -0.2) is 19.3 Å². The summed E-state index contributed by atoms with van der Waals surface area (Å²) >= 11 is 0. The number of hydrogen-bond acceptors (Lipinski definition) is 8. The Bertz CT molecular complexity index is 1660. The number of rotatable bonds is 7. The Morgan fingerprint density at radius 2 is 1.83 bits per heavy atom. The average molecular weight is 552 g/mol. The molecule has 5 heterocycles. The Balaban J connectivity index is 1.24. The van der Waals surface area contributed by atoms with Crippen molar-refractivity contribution in [2.45, 2.75) is 38.1 Å². The van der Waals surface area contributed by atoms with Crippen LogP contribution in [0.3, 0.4) is 0 Å². The van der Waals surface area contributed by atoms with Crippen molar-refractivity contribution >= 4 is 34.2 Å². The summed E-state index contributed by atoms with van der Waals surface area (Å²) in [5.41, 5.74) is 4.03. The Labute approximate surface area is 239 Å². The summed E-state index contributed by atoms with van der Waals surface area (Å²) < 4.78 is 3.46.